The van der Waals surface area contributed by atoms with Crippen molar-refractivity contribution in [1.29, 1.82) is 0 Å². The summed E-state index contributed by atoms with van der Waals surface area (Å²) in [6.45, 7) is 6.56. The van der Waals surface area contributed by atoms with E-state index in [0.717, 1.165) is 29.7 Å². The first kappa shape index (κ1) is 27.0. The number of anilines is 1. The normalized spacial score (nSPS) is 25.1. The Kier molecular flexibility index (Phi) is 7.55. The number of nitro benzene ring substituents is 1. The Bertz CT molecular complexity index is 1350. The first-order chi connectivity index (χ1) is 18.7. The minimum atomic E-state index is -0.527. The molecule has 2 aromatic rings. The highest BCUT2D eigenvalue weighted by molar-refractivity contribution is 6.22. The highest BCUT2D eigenvalue weighted by Gasteiger charge is 2.57. The monoisotopic (exact) mass is 534 g/mol. The molecule has 3 aliphatic rings. The SMILES string of the molecule is CC/C(=C\c1ccc(CO)o1)CC[C@H]1OC[C@H]2C1=C(C(C)C)C[C@H]1C(=O)N(c3cccc([N+](=O)[O-])c3)C(=O)[C@H]12. The van der Waals surface area contributed by atoms with Crippen molar-refractivity contribution in [2.45, 2.75) is 59.2 Å². The van der Waals surface area contributed by atoms with Gasteiger partial charge in [0, 0.05) is 18.1 Å². The van der Waals surface area contributed by atoms with Crippen LogP contribution < -0.4 is 4.90 Å². The van der Waals surface area contributed by atoms with Crippen LogP contribution in [0.3, 0.4) is 0 Å². The van der Waals surface area contributed by atoms with E-state index in [2.05, 4.69) is 20.8 Å². The van der Waals surface area contributed by atoms with Crippen molar-refractivity contribution in [2.75, 3.05) is 11.5 Å². The number of fused-ring (bicyclic) bond motifs is 3. The highest BCUT2D eigenvalue weighted by Crippen LogP contribution is 2.52. The van der Waals surface area contributed by atoms with Gasteiger partial charge in [-0.3, -0.25) is 19.7 Å². The van der Waals surface area contributed by atoms with E-state index in [1.54, 1.807) is 12.1 Å². The third-order valence-electron chi connectivity index (χ3n) is 8.31. The Labute approximate surface area is 227 Å². The summed E-state index contributed by atoms with van der Waals surface area (Å²) in [6.07, 6.45) is 4.76. The van der Waals surface area contributed by atoms with Crippen LogP contribution in [0.2, 0.25) is 0 Å². The van der Waals surface area contributed by atoms with Gasteiger partial charge in [0.25, 0.3) is 5.69 Å². The Hall–Kier alpha value is -3.56. The van der Waals surface area contributed by atoms with Crippen LogP contribution in [0, 0.1) is 33.8 Å². The molecule has 0 spiro atoms. The summed E-state index contributed by atoms with van der Waals surface area (Å²) >= 11 is 0. The van der Waals surface area contributed by atoms with Gasteiger partial charge in [0.2, 0.25) is 11.8 Å². The van der Waals surface area contributed by atoms with Crippen LogP contribution in [0.25, 0.3) is 6.08 Å². The number of amides is 2. The molecule has 2 fully saturated rings. The molecule has 0 radical (unpaired) electrons. The molecule has 9 heteroatoms. The summed E-state index contributed by atoms with van der Waals surface area (Å²) in [7, 11) is 0. The molecule has 39 heavy (non-hydrogen) atoms. The molecule has 1 aromatic heterocycles. The number of benzene rings is 1. The van der Waals surface area contributed by atoms with E-state index in [9.17, 15) is 24.8 Å². The number of ether oxygens (including phenoxy) is 1. The number of allylic oxidation sites excluding steroid dienone is 2. The molecular weight excluding hydrogens is 500 g/mol. The van der Waals surface area contributed by atoms with Gasteiger partial charge in [-0.15, -0.1) is 0 Å². The maximum absolute atomic E-state index is 13.7. The topological polar surface area (TPSA) is 123 Å². The molecule has 0 unspecified atom stereocenters. The zero-order valence-electron chi connectivity index (χ0n) is 22.5. The molecule has 206 valence electrons. The van der Waals surface area contributed by atoms with Crippen LogP contribution in [0.5, 0.6) is 0 Å². The summed E-state index contributed by atoms with van der Waals surface area (Å²) in [5, 5.41) is 20.6. The van der Waals surface area contributed by atoms with E-state index in [4.69, 9.17) is 9.15 Å². The number of aliphatic hydroxyl groups is 1. The van der Waals surface area contributed by atoms with Crippen LogP contribution in [0.15, 0.2) is 57.5 Å². The zero-order valence-corrected chi connectivity index (χ0v) is 22.5. The standard InChI is InChI=1S/C30H34N2O7/c1-4-18(12-21-9-10-22(15-33)39-21)8-11-26-27-23(17(2)3)14-24-28(25(27)16-38-26)30(35)31(29(24)34)19-6-5-7-20(13-19)32(36)37/h5-7,9-10,12-13,17,24-26,28,33H,4,8,11,14-16H2,1-3H3/b18-12+/t24-,25+,26-,28-/m1/s1. The maximum atomic E-state index is 13.7. The van der Waals surface area contributed by atoms with Gasteiger partial charge >= 0.3 is 0 Å². The van der Waals surface area contributed by atoms with Crippen molar-refractivity contribution in [3.05, 3.63) is 74.8 Å². The second-order valence-corrected chi connectivity index (χ2v) is 10.8. The smallest absolute Gasteiger partial charge is 0.271 e. The van der Waals surface area contributed by atoms with E-state index in [-0.39, 0.29) is 47.7 Å². The third-order valence-corrected chi connectivity index (χ3v) is 8.31. The van der Waals surface area contributed by atoms with Crippen LogP contribution in [0.4, 0.5) is 11.4 Å². The molecule has 1 aromatic carbocycles. The van der Waals surface area contributed by atoms with E-state index < -0.39 is 16.8 Å². The van der Waals surface area contributed by atoms with Gasteiger partial charge in [-0.25, -0.2) is 4.90 Å². The van der Waals surface area contributed by atoms with E-state index in [0.29, 0.717) is 24.5 Å². The lowest BCUT2D eigenvalue weighted by Crippen LogP contribution is -2.35. The fraction of sp³-hybridized carbons (Fsp3) is 0.467. The van der Waals surface area contributed by atoms with E-state index in [1.807, 2.05) is 12.1 Å². The van der Waals surface area contributed by atoms with Crippen molar-refractivity contribution in [3.8, 4) is 0 Å². The average Bonchev–Trinajstić information content (AvgIpc) is 3.62. The fourth-order valence-electron chi connectivity index (χ4n) is 6.38. The Morgan fingerprint density at radius 1 is 1.21 bits per heavy atom. The molecule has 3 heterocycles. The van der Waals surface area contributed by atoms with Crippen LogP contribution >= 0.6 is 0 Å². The van der Waals surface area contributed by atoms with Crippen LogP contribution in [-0.2, 0) is 20.9 Å². The summed E-state index contributed by atoms with van der Waals surface area (Å²) < 4.78 is 11.9. The summed E-state index contributed by atoms with van der Waals surface area (Å²) in [5.41, 5.74) is 3.63. The van der Waals surface area contributed by atoms with Crippen molar-refractivity contribution in [2.24, 2.45) is 23.7 Å². The van der Waals surface area contributed by atoms with Crippen molar-refractivity contribution >= 4 is 29.3 Å². The Balaban J connectivity index is 1.39. The molecule has 5 rings (SSSR count). The van der Waals surface area contributed by atoms with Gasteiger partial charge in [0.1, 0.15) is 18.1 Å². The number of imide groups is 1. The molecule has 2 amide bonds. The largest absolute Gasteiger partial charge is 0.459 e. The number of nitrogens with zero attached hydrogens (tertiary/aromatic N) is 2. The third kappa shape index (κ3) is 4.96. The van der Waals surface area contributed by atoms with Crippen LogP contribution in [0.1, 0.15) is 58.0 Å². The fourth-order valence-corrected chi connectivity index (χ4v) is 6.38. The lowest BCUT2D eigenvalue weighted by Gasteiger charge is -2.33. The van der Waals surface area contributed by atoms with Gasteiger partial charge in [0.05, 0.1) is 35.2 Å². The highest BCUT2D eigenvalue weighted by atomic mass is 16.6. The molecule has 0 bridgehead atoms. The molecule has 0 saturated carbocycles. The van der Waals surface area contributed by atoms with Crippen molar-refractivity contribution in [1.82, 2.24) is 0 Å². The van der Waals surface area contributed by atoms with Gasteiger partial charge in [0.15, 0.2) is 0 Å². The maximum Gasteiger partial charge on any atom is 0.271 e. The summed E-state index contributed by atoms with van der Waals surface area (Å²) in [4.78, 5) is 39.2. The summed E-state index contributed by atoms with van der Waals surface area (Å²) in [6, 6.07) is 9.33. The minimum absolute atomic E-state index is 0.136. The number of furan rings is 1. The lowest BCUT2D eigenvalue weighted by atomic mass is 9.67. The van der Waals surface area contributed by atoms with Gasteiger partial charge in [-0.05, 0) is 61.4 Å². The van der Waals surface area contributed by atoms with Gasteiger partial charge in [-0.2, -0.15) is 0 Å². The van der Waals surface area contributed by atoms with Crippen LogP contribution in [-0.4, -0.2) is 34.6 Å². The molecule has 1 N–H and O–H groups in total. The number of hydrogen-bond acceptors (Lipinski definition) is 7. The Morgan fingerprint density at radius 3 is 2.67 bits per heavy atom. The lowest BCUT2D eigenvalue weighted by molar-refractivity contribution is -0.384. The quantitative estimate of drug-likeness (QED) is 0.197. The number of non-ortho nitro benzene ring substituents is 1. The second kappa shape index (κ2) is 10.9. The number of rotatable bonds is 9. The minimum Gasteiger partial charge on any atom is -0.459 e. The average molecular weight is 535 g/mol. The molecule has 1 aliphatic carbocycles. The number of carbonyl (C=O) groups is 2. The predicted molar refractivity (Wildman–Crippen MR) is 144 cm³/mol. The zero-order chi connectivity index (χ0) is 27.8. The first-order valence-corrected chi connectivity index (χ1v) is 13.6. The van der Waals surface area contributed by atoms with Gasteiger partial charge in [-0.1, -0.05) is 38.0 Å². The second-order valence-electron chi connectivity index (χ2n) is 10.8. The molecule has 9 nitrogen and oxygen atoms in total. The predicted octanol–water partition coefficient (Wildman–Crippen LogP) is 5.43. The number of carbonyl (C=O) groups excluding carboxylic acids is 2. The Morgan fingerprint density at radius 2 is 2.00 bits per heavy atom. The van der Waals surface area contributed by atoms with Crippen molar-refractivity contribution in [3.63, 3.8) is 0 Å². The number of hydrogen-bond donors (Lipinski definition) is 1. The molecular formula is C30H34N2O7. The molecule has 2 aliphatic heterocycles. The van der Waals surface area contributed by atoms with Crippen molar-refractivity contribution < 1.29 is 28.8 Å². The van der Waals surface area contributed by atoms with E-state index in [1.165, 1.54) is 29.3 Å². The summed E-state index contributed by atoms with van der Waals surface area (Å²) in [5.74, 6) is -0.357. The number of nitro groups is 1. The molecule has 4 atom stereocenters. The number of aliphatic hydroxyl groups excluding tert-OH is 1. The van der Waals surface area contributed by atoms with Gasteiger partial charge < -0.3 is 14.3 Å². The molecule has 2 saturated heterocycles. The first-order valence-electron chi connectivity index (χ1n) is 13.6. The van der Waals surface area contributed by atoms with E-state index >= 15 is 0 Å².